The number of carbonyl (C=O) groups excluding carboxylic acids is 1. The Hall–Kier alpha value is -1.43. The van der Waals surface area contributed by atoms with Gasteiger partial charge in [0.25, 0.3) is 0 Å². The molecule has 0 spiro atoms. The fourth-order valence-corrected chi connectivity index (χ4v) is 3.46. The molecule has 5 heteroatoms. The first-order chi connectivity index (χ1) is 10.0. The molecule has 114 valence electrons. The predicted molar refractivity (Wildman–Crippen MR) is 84.2 cm³/mol. The number of ether oxygens (including phenoxy) is 2. The third-order valence-corrected chi connectivity index (χ3v) is 4.61. The van der Waals surface area contributed by atoms with Crippen LogP contribution < -0.4 is 0 Å². The van der Waals surface area contributed by atoms with Crippen LogP contribution in [0.4, 0.5) is 0 Å². The zero-order valence-electron chi connectivity index (χ0n) is 13.0. The summed E-state index contributed by atoms with van der Waals surface area (Å²) in [5.41, 5.74) is 2.71. The molecule has 0 aromatic carbocycles. The van der Waals surface area contributed by atoms with Gasteiger partial charge in [-0.1, -0.05) is 6.07 Å². The molecule has 0 N–H and O–H groups in total. The SMILES string of the molecule is COC(OC)C(C)n1c(C)cc(C(=O)c2cccs2)c1C. The normalized spacial score (nSPS) is 12.9. The molecule has 2 aromatic heterocycles. The summed E-state index contributed by atoms with van der Waals surface area (Å²) in [6.45, 7) is 5.99. The van der Waals surface area contributed by atoms with E-state index in [0.717, 1.165) is 21.8 Å². The molecule has 1 atom stereocenters. The van der Waals surface area contributed by atoms with Crippen LogP contribution >= 0.6 is 11.3 Å². The summed E-state index contributed by atoms with van der Waals surface area (Å²) in [6, 6.07) is 5.68. The second-order valence-electron chi connectivity index (χ2n) is 5.04. The fourth-order valence-electron chi connectivity index (χ4n) is 2.79. The van der Waals surface area contributed by atoms with Crippen molar-refractivity contribution in [2.24, 2.45) is 0 Å². The highest BCUT2D eigenvalue weighted by atomic mass is 32.1. The first kappa shape index (κ1) is 15.9. The number of ketones is 1. The lowest BCUT2D eigenvalue weighted by Gasteiger charge is -2.25. The molecular formula is C16H21NO3S. The van der Waals surface area contributed by atoms with Crippen molar-refractivity contribution in [3.8, 4) is 0 Å². The summed E-state index contributed by atoms with van der Waals surface area (Å²) in [7, 11) is 3.24. The Labute approximate surface area is 129 Å². The Bertz CT molecular complexity index is 612. The lowest BCUT2D eigenvalue weighted by molar-refractivity contribution is -0.128. The number of nitrogens with zero attached hydrogens (tertiary/aromatic N) is 1. The maximum Gasteiger partial charge on any atom is 0.204 e. The van der Waals surface area contributed by atoms with Crippen molar-refractivity contribution in [1.29, 1.82) is 0 Å². The zero-order chi connectivity index (χ0) is 15.6. The highest BCUT2D eigenvalue weighted by molar-refractivity contribution is 7.12. The summed E-state index contributed by atoms with van der Waals surface area (Å²) >= 11 is 1.47. The third-order valence-electron chi connectivity index (χ3n) is 3.74. The molecule has 0 bridgehead atoms. The van der Waals surface area contributed by atoms with Crippen LogP contribution in [-0.2, 0) is 9.47 Å². The number of methoxy groups -OCH3 is 2. The Balaban J connectivity index is 2.40. The maximum absolute atomic E-state index is 12.6. The molecule has 2 aromatic rings. The second kappa shape index (κ2) is 6.56. The van der Waals surface area contributed by atoms with Crippen molar-refractivity contribution in [3.05, 3.63) is 45.4 Å². The van der Waals surface area contributed by atoms with Gasteiger partial charge in [0.2, 0.25) is 5.78 Å². The highest BCUT2D eigenvalue weighted by Gasteiger charge is 2.24. The first-order valence-electron chi connectivity index (χ1n) is 6.83. The van der Waals surface area contributed by atoms with Crippen LogP contribution in [0.3, 0.4) is 0 Å². The van der Waals surface area contributed by atoms with Crippen molar-refractivity contribution in [1.82, 2.24) is 4.57 Å². The Morgan fingerprint density at radius 1 is 1.29 bits per heavy atom. The molecule has 0 fully saturated rings. The van der Waals surface area contributed by atoms with Gasteiger partial charge in [-0.3, -0.25) is 4.79 Å². The van der Waals surface area contributed by atoms with Gasteiger partial charge in [0.1, 0.15) is 0 Å². The smallest absolute Gasteiger partial charge is 0.204 e. The van der Waals surface area contributed by atoms with E-state index in [2.05, 4.69) is 4.57 Å². The summed E-state index contributed by atoms with van der Waals surface area (Å²) in [5, 5.41) is 1.92. The number of aromatic nitrogens is 1. The van der Waals surface area contributed by atoms with Crippen LogP contribution in [0.1, 0.15) is 39.6 Å². The molecule has 0 aliphatic rings. The van der Waals surface area contributed by atoms with Crippen molar-refractivity contribution in [2.45, 2.75) is 33.1 Å². The van der Waals surface area contributed by atoms with E-state index in [-0.39, 0.29) is 18.1 Å². The predicted octanol–water partition coefficient (Wildman–Crippen LogP) is 3.58. The molecule has 0 aliphatic heterocycles. The monoisotopic (exact) mass is 307 g/mol. The number of thiophene rings is 1. The summed E-state index contributed by atoms with van der Waals surface area (Å²) < 4.78 is 12.8. The molecule has 2 rings (SSSR count). The molecule has 0 amide bonds. The van der Waals surface area contributed by atoms with Crippen molar-refractivity contribution in [2.75, 3.05) is 14.2 Å². The number of hydrogen-bond acceptors (Lipinski definition) is 4. The van der Waals surface area contributed by atoms with Gasteiger partial charge < -0.3 is 14.0 Å². The summed E-state index contributed by atoms with van der Waals surface area (Å²) in [6.07, 6.45) is -0.348. The molecule has 0 saturated heterocycles. The standard InChI is InChI=1S/C16H21NO3S/c1-10-9-13(15(18)14-7-6-8-21-14)11(2)17(10)12(3)16(19-4)20-5/h6-9,12,16H,1-5H3. The Morgan fingerprint density at radius 3 is 2.48 bits per heavy atom. The largest absolute Gasteiger partial charge is 0.354 e. The van der Waals surface area contributed by atoms with Crippen LogP contribution in [0.2, 0.25) is 0 Å². The van der Waals surface area contributed by atoms with Crippen molar-refractivity contribution >= 4 is 17.1 Å². The van der Waals surface area contributed by atoms with E-state index in [1.165, 1.54) is 11.3 Å². The van der Waals surface area contributed by atoms with E-state index in [0.29, 0.717) is 0 Å². The summed E-state index contributed by atoms with van der Waals surface area (Å²) in [4.78, 5) is 13.3. The van der Waals surface area contributed by atoms with Crippen LogP contribution in [-0.4, -0.2) is 30.9 Å². The Kier molecular flexibility index (Phi) is 4.98. The van der Waals surface area contributed by atoms with Gasteiger partial charge in [0, 0.05) is 31.2 Å². The van der Waals surface area contributed by atoms with Crippen molar-refractivity contribution < 1.29 is 14.3 Å². The first-order valence-corrected chi connectivity index (χ1v) is 7.71. The Morgan fingerprint density at radius 2 is 1.95 bits per heavy atom. The fraction of sp³-hybridized carbons (Fsp3) is 0.438. The van der Waals surface area contributed by atoms with Crippen LogP contribution in [0.25, 0.3) is 0 Å². The minimum atomic E-state index is -0.348. The van der Waals surface area contributed by atoms with Gasteiger partial charge in [-0.2, -0.15) is 0 Å². The average molecular weight is 307 g/mol. The van der Waals surface area contributed by atoms with E-state index in [9.17, 15) is 4.79 Å². The minimum Gasteiger partial charge on any atom is -0.354 e. The number of aryl methyl sites for hydroxylation is 1. The van der Waals surface area contributed by atoms with Crippen LogP contribution in [0.5, 0.6) is 0 Å². The molecule has 0 saturated carbocycles. The minimum absolute atomic E-state index is 0.00937. The van der Waals surface area contributed by atoms with Crippen LogP contribution in [0, 0.1) is 13.8 Å². The van der Waals surface area contributed by atoms with Gasteiger partial charge in [-0.25, -0.2) is 0 Å². The van der Waals surface area contributed by atoms with Crippen molar-refractivity contribution in [3.63, 3.8) is 0 Å². The summed E-state index contributed by atoms with van der Waals surface area (Å²) in [5.74, 6) is 0.0722. The topological polar surface area (TPSA) is 40.5 Å². The van der Waals surface area contributed by atoms with E-state index >= 15 is 0 Å². The lowest BCUT2D eigenvalue weighted by atomic mass is 10.1. The quantitative estimate of drug-likeness (QED) is 0.605. The third kappa shape index (κ3) is 2.95. The molecule has 2 heterocycles. The van der Waals surface area contributed by atoms with Gasteiger partial charge in [-0.05, 0) is 38.3 Å². The van der Waals surface area contributed by atoms with E-state index in [1.807, 2.05) is 44.4 Å². The number of rotatable bonds is 6. The molecule has 4 nitrogen and oxygen atoms in total. The van der Waals surface area contributed by atoms with Gasteiger partial charge in [-0.15, -0.1) is 11.3 Å². The van der Waals surface area contributed by atoms with E-state index < -0.39 is 0 Å². The van der Waals surface area contributed by atoms with Gasteiger partial charge in [0.05, 0.1) is 10.9 Å². The highest BCUT2D eigenvalue weighted by Crippen LogP contribution is 2.26. The lowest BCUT2D eigenvalue weighted by Crippen LogP contribution is -2.27. The zero-order valence-corrected chi connectivity index (χ0v) is 13.9. The molecular weight excluding hydrogens is 286 g/mol. The number of carbonyl (C=O) groups is 1. The van der Waals surface area contributed by atoms with Gasteiger partial charge >= 0.3 is 0 Å². The molecule has 21 heavy (non-hydrogen) atoms. The average Bonchev–Trinajstić information content (AvgIpc) is 3.08. The second-order valence-corrected chi connectivity index (χ2v) is 5.99. The van der Waals surface area contributed by atoms with Crippen LogP contribution in [0.15, 0.2) is 23.6 Å². The maximum atomic E-state index is 12.6. The van der Waals surface area contributed by atoms with E-state index in [4.69, 9.17) is 9.47 Å². The molecule has 0 radical (unpaired) electrons. The molecule has 0 aliphatic carbocycles. The van der Waals surface area contributed by atoms with E-state index in [1.54, 1.807) is 14.2 Å². The number of hydrogen-bond donors (Lipinski definition) is 0. The molecule has 1 unspecified atom stereocenters. The van der Waals surface area contributed by atoms with Gasteiger partial charge in [0.15, 0.2) is 6.29 Å².